The Balaban J connectivity index is 1.96. The van der Waals surface area contributed by atoms with Gasteiger partial charge in [-0.25, -0.2) is 4.79 Å². The molecule has 3 aromatic carbocycles. The number of esters is 1. The van der Waals surface area contributed by atoms with E-state index in [1.165, 1.54) is 31.3 Å². The van der Waals surface area contributed by atoms with Crippen LogP contribution in [0.2, 0.25) is 0 Å². The van der Waals surface area contributed by atoms with Crippen molar-refractivity contribution in [3.63, 3.8) is 0 Å². The Morgan fingerprint density at radius 2 is 1.46 bits per heavy atom. The highest BCUT2D eigenvalue weighted by molar-refractivity contribution is 6.51. The molecule has 1 amide bonds. The van der Waals surface area contributed by atoms with Crippen LogP contribution >= 0.6 is 0 Å². The lowest BCUT2D eigenvalue weighted by molar-refractivity contribution is -0.132. The number of hydrogen-bond acceptors (Lipinski definition) is 7. The number of para-hydroxylation sites is 1. The van der Waals surface area contributed by atoms with Crippen molar-refractivity contribution in [2.75, 3.05) is 26.2 Å². The average Bonchev–Trinajstić information content (AvgIpc) is 3.21. The van der Waals surface area contributed by atoms with Gasteiger partial charge in [0.15, 0.2) is 0 Å². The van der Waals surface area contributed by atoms with E-state index in [4.69, 9.17) is 14.2 Å². The molecular weight excluding hydrogens is 498 g/mol. The zero-order chi connectivity index (χ0) is 28.5. The maximum atomic E-state index is 13.6. The summed E-state index contributed by atoms with van der Waals surface area (Å²) in [6.07, 6.45) is 0. The summed E-state index contributed by atoms with van der Waals surface area (Å²) in [6.45, 7) is 6.04. The quantitative estimate of drug-likeness (QED) is 0.197. The number of aliphatic hydroxyl groups excluding tert-OH is 1. The number of rotatable bonds is 6. The third-order valence-electron chi connectivity index (χ3n) is 6.73. The van der Waals surface area contributed by atoms with Gasteiger partial charge in [0.05, 0.1) is 38.5 Å². The molecule has 1 atom stereocenters. The predicted molar refractivity (Wildman–Crippen MR) is 147 cm³/mol. The molecular formula is C31H31NO7. The highest BCUT2D eigenvalue weighted by atomic mass is 16.5. The molecule has 8 nitrogen and oxygen atoms in total. The number of nitrogens with zero attached hydrogens (tertiary/aromatic N) is 1. The van der Waals surface area contributed by atoms with Crippen LogP contribution in [0.1, 0.15) is 53.9 Å². The highest BCUT2D eigenvalue weighted by Gasteiger charge is 2.48. The molecule has 0 radical (unpaired) electrons. The summed E-state index contributed by atoms with van der Waals surface area (Å²) >= 11 is 0. The molecule has 4 rings (SSSR count). The lowest BCUT2D eigenvalue weighted by Gasteiger charge is -2.27. The molecule has 39 heavy (non-hydrogen) atoms. The third-order valence-corrected chi connectivity index (χ3v) is 6.73. The molecule has 1 aliphatic rings. The molecule has 0 aromatic heterocycles. The number of anilines is 1. The minimum atomic E-state index is -0.995. The minimum absolute atomic E-state index is 0.0772. The average molecular weight is 530 g/mol. The standard InChI is InChI=1S/C31H31NO7/c1-31(2,3)22-17-19(13-16-24(22)38-5)27(33)25-26(21-9-7-8-10-23(21)37-4)32(29(35)28(25)34)20-14-11-18(12-15-20)30(36)39-6/h7-17,26,33H,1-6H3/b27-25+. The first-order valence-electron chi connectivity index (χ1n) is 12.3. The predicted octanol–water partition coefficient (Wildman–Crippen LogP) is 5.41. The maximum absolute atomic E-state index is 13.6. The Labute approximate surface area is 227 Å². The number of carbonyl (C=O) groups excluding carboxylic acids is 3. The van der Waals surface area contributed by atoms with E-state index < -0.39 is 23.7 Å². The van der Waals surface area contributed by atoms with Gasteiger partial charge in [0.25, 0.3) is 11.7 Å². The van der Waals surface area contributed by atoms with E-state index in [0.717, 1.165) is 5.56 Å². The van der Waals surface area contributed by atoms with E-state index >= 15 is 0 Å². The molecule has 0 saturated carbocycles. The van der Waals surface area contributed by atoms with Gasteiger partial charge in [-0.2, -0.15) is 0 Å². The first-order valence-corrected chi connectivity index (χ1v) is 12.3. The molecule has 1 aliphatic heterocycles. The Morgan fingerprint density at radius 3 is 2.05 bits per heavy atom. The molecule has 1 saturated heterocycles. The van der Waals surface area contributed by atoms with Gasteiger partial charge in [0.2, 0.25) is 0 Å². The van der Waals surface area contributed by atoms with E-state index in [1.54, 1.807) is 61.7 Å². The molecule has 0 aliphatic carbocycles. The van der Waals surface area contributed by atoms with Crippen LogP contribution in [0.25, 0.3) is 5.76 Å². The van der Waals surface area contributed by atoms with Crippen molar-refractivity contribution >= 4 is 29.1 Å². The first kappa shape index (κ1) is 27.4. The fourth-order valence-electron chi connectivity index (χ4n) is 4.76. The fraction of sp³-hybridized carbons (Fsp3) is 0.258. The Morgan fingerprint density at radius 1 is 0.846 bits per heavy atom. The van der Waals surface area contributed by atoms with Crippen LogP contribution in [-0.2, 0) is 19.7 Å². The van der Waals surface area contributed by atoms with Crippen LogP contribution in [0, 0.1) is 0 Å². The lowest BCUT2D eigenvalue weighted by Crippen LogP contribution is -2.29. The number of hydrogen-bond donors (Lipinski definition) is 1. The van der Waals surface area contributed by atoms with Crippen molar-refractivity contribution in [3.05, 3.63) is 94.6 Å². The molecule has 1 unspecified atom stereocenters. The van der Waals surface area contributed by atoms with Crippen molar-refractivity contribution in [3.8, 4) is 11.5 Å². The second kappa shape index (κ2) is 10.6. The number of ketones is 1. The van der Waals surface area contributed by atoms with Crippen LogP contribution in [0.5, 0.6) is 11.5 Å². The minimum Gasteiger partial charge on any atom is -0.507 e. The number of aliphatic hydroxyl groups is 1. The van der Waals surface area contributed by atoms with Crippen LogP contribution in [-0.4, -0.2) is 44.1 Å². The second-order valence-electron chi connectivity index (χ2n) is 10.1. The maximum Gasteiger partial charge on any atom is 0.337 e. The molecule has 1 N–H and O–H groups in total. The van der Waals surface area contributed by atoms with Crippen molar-refractivity contribution in [2.24, 2.45) is 0 Å². The molecule has 0 bridgehead atoms. The Hall–Kier alpha value is -4.59. The third kappa shape index (κ3) is 4.97. The molecule has 1 heterocycles. The summed E-state index contributed by atoms with van der Waals surface area (Å²) in [5.41, 5.74) is 1.98. The van der Waals surface area contributed by atoms with E-state index in [0.29, 0.717) is 33.9 Å². The molecule has 202 valence electrons. The summed E-state index contributed by atoms with van der Waals surface area (Å²) in [4.78, 5) is 40.3. The Kier molecular flexibility index (Phi) is 7.49. The summed E-state index contributed by atoms with van der Waals surface area (Å²) in [6, 6.07) is 17.3. The summed E-state index contributed by atoms with van der Waals surface area (Å²) < 4.78 is 15.9. The number of amides is 1. The highest BCUT2D eigenvalue weighted by Crippen LogP contribution is 2.45. The normalized spacial score (nSPS) is 16.8. The van der Waals surface area contributed by atoms with Crippen molar-refractivity contribution in [1.29, 1.82) is 0 Å². The summed E-state index contributed by atoms with van der Waals surface area (Å²) in [7, 11) is 4.35. The number of benzene rings is 3. The van der Waals surface area contributed by atoms with Gasteiger partial charge in [-0.3, -0.25) is 14.5 Å². The molecule has 0 spiro atoms. The largest absolute Gasteiger partial charge is 0.507 e. The van der Waals surface area contributed by atoms with Crippen LogP contribution < -0.4 is 14.4 Å². The number of Topliss-reactive ketones (excluding diaryl/α,β-unsaturated/α-hetero) is 1. The van der Waals surface area contributed by atoms with Crippen molar-refractivity contribution < 1.29 is 33.7 Å². The number of carbonyl (C=O) groups is 3. The smallest absolute Gasteiger partial charge is 0.337 e. The van der Waals surface area contributed by atoms with Gasteiger partial charge in [0.1, 0.15) is 17.3 Å². The fourth-order valence-corrected chi connectivity index (χ4v) is 4.76. The van der Waals surface area contributed by atoms with Crippen molar-refractivity contribution in [1.82, 2.24) is 0 Å². The SMILES string of the molecule is COC(=O)c1ccc(N2C(=O)C(=O)/C(=C(/O)c3ccc(OC)c(C(C)(C)C)c3)C2c2ccccc2OC)cc1. The molecule has 1 fully saturated rings. The van der Waals surface area contributed by atoms with E-state index in [2.05, 4.69) is 0 Å². The topological polar surface area (TPSA) is 102 Å². The summed E-state index contributed by atoms with van der Waals surface area (Å²) in [5, 5.41) is 11.6. The van der Waals surface area contributed by atoms with Gasteiger partial charge < -0.3 is 19.3 Å². The molecule has 8 heteroatoms. The molecule has 3 aromatic rings. The van der Waals surface area contributed by atoms with Crippen molar-refractivity contribution in [2.45, 2.75) is 32.2 Å². The van der Waals surface area contributed by atoms with Gasteiger partial charge in [-0.1, -0.05) is 39.0 Å². The summed E-state index contributed by atoms with van der Waals surface area (Å²) in [5.74, 6) is -1.41. The van der Waals surface area contributed by atoms with Crippen LogP contribution in [0.4, 0.5) is 5.69 Å². The zero-order valence-electron chi connectivity index (χ0n) is 22.8. The Bertz CT molecular complexity index is 1460. The van der Waals surface area contributed by atoms with Gasteiger partial charge in [-0.15, -0.1) is 0 Å². The van der Waals surface area contributed by atoms with E-state index in [1.807, 2.05) is 20.8 Å². The first-order chi connectivity index (χ1) is 18.5. The van der Waals surface area contributed by atoms with Gasteiger partial charge in [0, 0.05) is 22.4 Å². The van der Waals surface area contributed by atoms with Crippen LogP contribution in [0.3, 0.4) is 0 Å². The number of ether oxygens (including phenoxy) is 3. The lowest BCUT2D eigenvalue weighted by atomic mass is 9.84. The monoisotopic (exact) mass is 529 g/mol. The second-order valence-corrected chi connectivity index (χ2v) is 10.1. The van der Waals surface area contributed by atoms with Gasteiger partial charge >= 0.3 is 5.97 Å². The van der Waals surface area contributed by atoms with Gasteiger partial charge in [-0.05, 0) is 53.9 Å². The van der Waals surface area contributed by atoms with Crippen LogP contribution in [0.15, 0.2) is 72.3 Å². The zero-order valence-corrected chi connectivity index (χ0v) is 22.8. The van der Waals surface area contributed by atoms with E-state index in [-0.39, 0.29) is 16.7 Å². The van der Waals surface area contributed by atoms with E-state index in [9.17, 15) is 19.5 Å². The number of methoxy groups -OCH3 is 3.